The highest BCUT2D eigenvalue weighted by molar-refractivity contribution is 6.57. The molecule has 3 heteroatoms. The summed E-state index contributed by atoms with van der Waals surface area (Å²) >= 11 is 0. The smallest absolute Gasteiger partial charge is 0.317 e. The van der Waals surface area contributed by atoms with Crippen molar-refractivity contribution in [3.8, 4) is 0 Å². The van der Waals surface area contributed by atoms with Gasteiger partial charge in [0, 0.05) is 12.4 Å². The molecule has 0 aromatic heterocycles. The van der Waals surface area contributed by atoms with E-state index in [1.165, 1.54) is 0 Å². The summed E-state index contributed by atoms with van der Waals surface area (Å²) in [5.41, 5.74) is 0.970. The van der Waals surface area contributed by atoms with E-state index in [0.717, 1.165) is 11.9 Å². The van der Waals surface area contributed by atoms with Gasteiger partial charge >= 0.3 is 6.92 Å². The van der Waals surface area contributed by atoms with Crippen molar-refractivity contribution in [2.75, 3.05) is 0 Å². The van der Waals surface area contributed by atoms with E-state index < -0.39 is 0 Å². The highest BCUT2D eigenvalue weighted by Gasteiger charge is 2.06. The van der Waals surface area contributed by atoms with E-state index in [2.05, 4.69) is 4.99 Å². The molecule has 0 bridgehead atoms. The van der Waals surface area contributed by atoms with E-state index in [1.54, 1.807) is 19.2 Å². The van der Waals surface area contributed by atoms with Gasteiger partial charge in [-0.15, -0.1) is 0 Å². The molecule has 56 valence electrons. The van der Waals surface area contributed by atoms with Crippen molar-refractivity contribution in [1.29, 1.82) is 0 Å². The molecular weight excluding hydrogens is 125 g/mol. The predicted octanol–water partition coefficient (Wildman–Crippen LogP) is 1.52. The van der Waals surface area contributed by atoms with E-state index in [-0.39, 0.29) is 6.92 Å². The molecule has 0 aromatic carbocycles. The van der Waals surface area contributed by atoms with Crippen molar-refractivity contribution in [3.63, 3.8) is 0 Å². The first-order valence-corrected chi connectivity index (χ1v) is 3.57. The summed E-state index contributed by atoms with van der Waals surface area (Å²) in [7, 11) is 0. The van der Waals surface area contributed by atoms with Crippen molar-refractivity contribution < 1.29 is 5.02 Å². The van der Waals surface area contributed by atoms with Crippen LogP contribution in [0.4, 0.5) is 0 Å². The minimum atomic E-state index is -0.367. The molecule has 0 rings (SSSR count). The van der Waals surface area contributed by atoms with E-state index in [4.69, 9.17) is 5.02 Å². The quantitative estimate of drug-likeness (QED) is 0.466. The molecule has 0 unspecified atom stereocenters. The third-order valence-corrected chi connectivity index (χ3v) is 1.33. The molecule has 0 aliphatic rings. The highest BCUT2D eigenvalue weighted by Crippen LogP contribution is 2.02. The maximum atomic E-state index is 9.10. The van der Waals surface area contributed by atoms with Crippen LogP contribution in [0.1, 0.15) is 20.3 Å². The molecule has 10 heavy (non-hydrogen) atoms. The first-order chi connectivity index (χ1) is 4.72. The predicted molar refractivity (Wildman–Crippen MR) is 46.4 cm³/mol. The number of rotatable bonds is 3. The highest BCUT2D eigenvalue weighted by atomic mass is 16.2. The average molecular weight is 139 g/mol. The molecule has 0 aromatic rings. The molecule has 0 amide bonds. The van der Waals surface area contributed by atoms with Crippen LogP contribution in [-0.4, -0.2) is 18.2 Å². The molecule has 0 spiro atoms. The summed E-state index contributed by atoms with van der Waals surface area (Å²) in [6.07, 6.45) is 4.28. The maximum absolute atomic E-state index is 9.10. The lowest BCUT2D eigenvalue weighted by Gasteiger charge is -2.00. The van der Waals surface area contributed by atoms with Crippen LogP contribution in [0.25, 0.3) is 0 Å². The van der Waals surface area contributed by atoms with Gasteiger partial charge in [-0.3, -0.25) is 4.99 Å². The van der Waals surface area contributed by atoms with Crippen LogP contribution < -0.4 is 0 Å². The fraction of sp³-hybridized carbons (Fsp3) is 0.571. The molecule has 0 saturated heterocycles. The van der Waals surface area contributed by atoms with Crippen LogP contribution in [0.3, 0.4) is 0 Å². The van der Waals surface area contributed by atoms with Gasteiger partial charge in [0.15, 0.2) is 0 Å². The van der Waals surface area contributed by atoms with Crippen molar-refractivity contribution in [1.82, 2.24) is 0 Å². The Kier molecular flexibility index (Phi) is 4.94. The zero-order valence-corrected chi connectivity index (χ0v) is 6.83. The topological polar surface area (TPSA) is 32.6 Å². The van der Waals surface area contributed by atoms with Crippen LogP contribution in [0, 0.1) is 0 Å². The Hall–Kier alpha value is -0.565. The molecule has 0 radical (unpaired) electrons. The minimum Gasteiger partial charge on any atom is -0.447 e. The standard InChI is InChI=1S/C7H14BNO/c1-4-7(8(3)10)6-9-5-2/h5-6,10H,4H2,1-3H3/b7-6+,9-5?. The van der Waals surface area contributed by atoms with E-state index in [1.807, 2.05) is 13.8 Å². The number of nitrogens with zero attached hydrogens (tertiary/aromatic N) is 1. The third kappa shape index (κ3) is 3.46. The fourth-order valence-electron chi connectivity index (χ4n) is 0.665. The first-order valence-electron chi connectivity index (χ1n) is 3.57. The Morgan fingerprint density at radius 3 is 2.60 bits per heavy atom. The van der Waals surface area contributed by atoms with Crippen molar-refractivity contribution in [3.05, 3.63) is 11.7 Å². The molecule has 0 fully saturated rings. The van der Waals surface area contributed by atoms with Gasteiger partial charge in [0.2, 0.25) is 0 Å². The molecule has 0 aliphatic carbocycles. The Bertz CT molecular complexity index is 141. The van der Waals surface area contributed by atoms with Crippen molar-refractivity contribution >= 4 is 13.1 Å². The first kappa shape index (κ1) is 9.43. The molecule has 0 saturated carbocycles. The normalized spacial score (nSPS) is 12.6. The van der Waals surface area contributed by atoms with Gasteiger partial charge in [-0.1, -0.05) is 19.2 Å². The van der Waals surface area contributed by atoms with Crippen LogP contribution in [-0.2, 0) is 0 Å². The largest absolute Gasteiger partial charge is 0.447 e. The summed E-state index contributed by atoms with van der Waals surface area (Å²) < 4.78 is 0. The number of allylic oxidation sites excluding steroid dienone is 1. The minimum absolute atomic E-state index is 0.367. The Morgan fingerprint density at radius 2 is 2.30 bits per heavy atom. The lowest BCUT2D eigenvalue weighted by Crippen LogP contribution is -2.09. The van der Waals surface area contributed by atoms with Crippen LogP contribution in [0.2, 0.25) is 6.82 Å². The fourth-order valence-corrected chi connectivity index (χ4v) is 0.665. The summed E-state index contributed by atoms with van der Waals surface area (Å²) in [5.74, 6) is 0. The summed E-state index contributed by atoms with van der Waals surface area (Å²) in [4.78, 5) is 3.92. The molecule has 0 aliphatic heterocycles. The Balaban J connectivity index is 4.04. The van der Waals surface area contributed by atoms with Gasteiger partial charge < -0.3 is 5.02 Å². The monoisotopic (exact) mass is 139 g/mol. The number of hydrogen-bond acceptors (Lipinski definition) is 2. The van der Waals surface area contributed by atoms with E-state index >= 15 is 0 Å². The van der Waals surface area contributed by atoms with Crippen LogP contribution in [0.15, 0.2) is 16.7 Å². The van der Waals surface area contributed by atoms with Crippen molar-refractivity contribution in [2.45, 2.75) is 27.1 Å². The lowest BCUT2D eigenvalue weighted by atomic mass is 9.63. The molecular formula is C7H14BNO. The van der Waals surface area contributed by atoms with E-state index in [9.17, 15) is 0 Å². The zero-order valence-electron chi connectivity index (χ0n) is 6.83. The lowest BCUT2D eigenvalue weighted by molar-refractivity contribution is 0.586. The molecule has 0 heterocycles. The average Bonchev–Trinajstić information content (AvgIpc) is 1.89. The summed E-state index contributed by atoms with van der Waals surface area (Å²) in [5, 5.41) is 9.10. The SMILES string of the molecule is CC=N/C=C(\CC)B(C)O. The Morgan fingerprint density at radius 1 is 1.70 bits per heavy atom. The summed E-state index contributed by atoms with van der Waals surface area (Å²) in [6.45, 7) is 5.24. The summed E-state index contributed by atoms with van der Waals surface area (Å²) in [6, 6.07) is 0. The van der Waals surface area contributed by atoms with Crippen molar-refractivity contribution in [2.24, 2.45) is 4.99 Å². The van der Waals surface area contributed by atoms with Gasteiger partial charge in [-0.25, -0.2) is 0 Å². The van der Waals surface area contributed by atoms with Crippen LogP contribution >= 0.6 is 0 Å². The van der Waals surface area contributed by atoms with Gasteiger partial charge in [-0.05, 0) is 13.3 Å². The van der Waals surface area contributed by atoms with Crippen LogP contribution in [0.5, 0.6) is 0 Å². The third-order valence-electron chi connectivity index (χ3n) is 1.33. The van der Waals surface area contributed by atoms with Gasteiger partial charge in [-0.2, -0.15) is 0 Å². The van der Waals surface area contributed by atoms with Gasteiger partial charge in [0.05, 0.1) is 0 Å². The Labute approximate surface area is 62.8 Å². The second-order valence-electron chi connectivity index (χ2n) is 2.14. The maximum Gasteiger partial charge on any atom is 0.317 e. The molecule has 1 N–H and O–H groups in total. The second kappa shape index (κ2) is 5.24. The van der Waals surface area contributed by atoms with Gasteiger partial charge in [0.1, 0.15) is 0 Å². The zero-order chi connectivity index (χ0) is 7.98. The van der Waals surface area contributed by atoms with Gasteiger partial charge in [0.25, 0.3) is 0 Å². The molecule has 0 atom stereocenters. The molecule has 2 nitrogen and oxygen atoms in total. The van der Waals surface area contributed by atoms with E-state index in [0.29, 0.717) is 0 Å². The second-order valence-corrected chi connectivity index (χ2v) is 2.14. The number of hydrogen-bond donors (Lipinski definition) is 1. The number of aliphatic imine (C=N–C) groups is 1.